The van der Waals surface area contributed by atoms with Crippen molar-refractivity contribution in [2.75, 3.05) is 53.6 Å². The lowest BCUT2D eigenvalue weighted by molar-refractivity contribution is -0.187. The van der Waals surface area contributed by atoms with Gasteiger partial charge in [-0.3, -0.25) is 9.74 Å². The summed E-state index contributed by atoms with van der Waals surface area (Å²) >= 11 is 0. The predicted molar refractivity (Wildman–Crippen MR) is 114 cm³/mol. The molecule has 1 saturated carbocycles. The van der Waals surface area contributed by atoms with Crippen LogP contribution in [0.4, 0.5) is 0 Å². The quantitative estimate of drug-likeness (QED) is 0.658. The molecule has 1 N–H and O–H groups in total. The van der Waals surface area contributed by atoms with E-state index in [4.69, 9.17) is 19.0 Å². The summed E-state index contributed by atoms with van der Waals surface area (Å²) in [4.78, 5) is 8.07. The fourth-order valence-corrected chi connectivity index (χ4v) is 5.25. The molecule has 0 spiro atoms. The highest BCUT2D eigenvalue weighted by molar-refractivity contribution is 5.43. The third-order valence-electron chi connectivity index (χ3n) is 6.66. The van der Waals surface area contributed by atoms with Crippen LogP contribution in [-0.2, 0) is 16.1 Å². The number of aliphatic hydroxyl groups excluding tert-OH is 1. The molecule has 7 heteroatoms. The zero-order valence-corrected chi connectivity index (χ0v) is 18.3. The highest BCUT2D eigenvalue weighted by Gasteiger charge is 2.42. The van der Waals surface area contributed by atoms with E-state index in [2.05, 4.69) is 4.90 Å². The average molecular weight is 421 g/mol. The van der Waals surface area contributed by atoms with Gasteiger partial charge in [0.1, 0.15) is 12.7 Å². The first-order valence-corrected chi connectivity index (χ1v) is 11.3. The number of ether oxygens (including phenoxy) is 3. The molecule has 4 atom stereocenters. The summed E-state index contributed by atoms with van der Waals surface area (Å²) in [5.74, 6) is 2.54. The van der Waals surface area contributed by atoms with Crippen LogP contribution in [0.5, 0.6) is 11.5 Å². The van der Waals surface area contributed by atoms with E-state index >= 15 is 0 Å². The Bertz CT molecular complexity index is 668. The van der Waals surface area contributed by atoms with E-state index in [-0.39, 0.29) is 6.61 Å². The second-order valence-electron chi connectivity index (χ2n) is 8.87. The summed E-state index contributed by atoms with van der Waals surface area (Å²) in [7, 11) is 3.47. The highest BCUT2D eigenvalue weighted by Crippen LogP contribution is 2.38. The lowest BCUT2D eigenvalue weighted by Crippen LogP contribution is -2.48. The minimum absolute atomic E-state index is 0.250. The smallest absolute Gasteiger partial charge is 0.161 e. The third kappa shape index (κ3) is 5.26. The average Bonchev–Trinajstić information content (AvgIpc) is 3.02. The van der Waals surface area contributed by atoms with Crippen molar-refractivity contribution in [3.63, 3.8) is 0 Å². The first-order chi connectivity index (χ1) is 14.7. The van der Waals surface area contributed by atoms with Gasteiger partial charge in [-0.05, 0) is 55.2 Å². The van der Waals surface area contributed by atoms with E-state index in [9.17, 15) is 5.11 Å². The Morgan fingerprint density at radius 1 is 1.13 bits per heavy atom. The molecule has 2 aliphatic heterocycles. The highest BCUT2D eigenvalue weighted by atomic mass is 16.7. The lowest BCUT2D eigenvalue weighted by Gasteiger charge is -2.38. The summed E-state index contributed by atoms with van der Waals surface area (Å²) in [6, 6.07) is 5.96. The Morgan fingerprint density at radius 2 is 1.93 bits per heavy atom. The number of hydrogen-bond donors (Lipinski definition) is 1. The molecule has 30 heavy (non-hydrogen) atoms. The van der Waals surface area contributed by atoms with Gasteiger partial charge >= 0.3 is 0 Å². The number of methoxy groups -OCH3 is 2. The molecule has 3 aliphatic rings. The van der Waals surface area contributed by atoms with E-state index < -0.39 is 6.10 Å². The molecule has 2 unspecified atom stereocenters. The SMILES string of the molecule is COc1ccc(CN2CCCCO2)cc1OCC(O)CN1C[C@H]2CC[C@@H](C1)C2OC. The van der Waals surface area contributed by atoms with Crippen molar-refractivity contribution in [1.82, 2.24) is 9.96 Å². The first-order valence-electron chi connectivity index (χ1n) is 11.3. The molecule has 2 heterocycles. The van der Waals surface area contributed by atoms with E-state index in [0.29, 0.717) is 36.0 Å². The fourth-order valence-electron chi connectivity index (χ4n) is 5.25. The van der Waals surface area contributed by atoms with Crippen LogP contribution < -0.4 is 9.47 Å². The molecule has 168 valence electrons. The maximum atomic E-state index is 10.6. The largest absolute Gasteiger partial charge is 0.493 e. The molecule has 2 bridgehead atoms. The number of nitrogens with zero attached hydrogens (tertiary/aromatic N) is 2. The van der Waals surface area contributed by atoms with Crippen molar-refractivity contribution in [2.45, 2.75) is 44.4 Å². The number of piperidine rings is 1. The Labute approximate surface area is 179 Å². The van der Waals surface area contributed by atoms with Crippen LogP contribution in [-0.4, -0.2) is 80.9 Å². The van der Waals surface area contributed by atoms with Gasteiger partial charge in [0.25, 0.3) is 0 Å². The second kappa shape index (κ2) is 10.3. The van der Waals surface area contributed by atoms with E-state index in [0.717, 1.165) is 51.2 Å². The number of fused-ring (bicyclic) bond motifs is 2. The molecule has 3 fully saturated rings. The maximum Gasteiger partial charge on any atom is 0.161 e. The first kappa shape index (κ1) is 21.8. The topological polar surface area (TPSA) is 63.6 Å². The monoisotopic (exact) mass is 420 g/mol. The number of likely N-dealkylation sites (tertiary alicyclic amines) is 1. The molecular formula is C23H36N2O5. The Morgan fingerprint density at radius 3 is 2.60 bits per heavy atom. The molecule has 1 aromatic carbocycles. The summed E-state index contributed by atoms with van der Waals surface area (Å²) in [5.41, 5.74) is 1.11. The summed E-state index contributed by atoms with van der Waals surface area (Å²) in [6.45, 7) is 5.34. The van der Waals surface area contributed by atoms with Gasteiger partial charge in [-0.15, -0.1) is 0 Å². The van der Waals surface area contributed by atoms with E-state index in [1.165, 1.54) is 12.8 Å². The van der Waals surface area contributed by atoms with Crippen LogP contribution in [0.1, 0.15) is 31.2 Å². The Kier molecular flexibility index (Phi) is 7.49. The molecule has 0 radical (unpaired) electrons. The number of rotatable bonds is 9. The summed E-state index contributed by atoms with van der Waals surface area (Å²) in [6.07, 6.45) is 4.60. The van der Waals surface area contributed by atoms with E-state index in [1.54, 1.807) is 7.11 Å². The number of benzene rings is 1. The number of aliphatic hydroxyl groups is 1. The molecule has 4 rings (SSSR count). The molecule has 2 saturated heterocycles. The minimum Gasteiger partial charge on any atom is -0.493 e. The van der Waals surface area contributed by atoms with Crippen LogP contribution in [0.3, 0.4) is 0 Å². The Balaban J connectivity index is 1.29. The maximum absolute atomic E-state index is 10.6. The number of β-amino-alcohol motifs (C(OH)–C–C–N with tert-alkyl or cyclic N) is 1. The van der Waals surface area contributed by atoms with Gasteiger partial charge in [0.15, 0.2) is 11.5 Å². The molecule has 7 nitrogen and oxygen atoms in total. The van der Waals surface area contributed by atoms with Crippen LogP contribution in [0, 0.1) is 11.8 Å². The van der Waals surface area contributed by atoms with Crippen LogP contribution in [0.2, 0.25) is 0 Å². The van der Waals surface area contributed by atoms with Gasteiger partial charge in [0.05, 0.1) is 19.8 Å². The van der Waals surface area contributed by atoms with Crippen LogP contribution in [0.15, 0.2) is 18.2 Å². The number of hydrogen-bond acceptors (Lipinski definition) is 7. The molecular weight excluding hydrogens is 384 g/mol. The molecule has 1 aromatic rings. The van der Waals surface area contributed by atoms with Crippen LogP contribution >= 0.6 is 0 Å². The van der Waals surface area contributed by atoms with Crippen molar-refractivity contribution in [3.8, 4) is 11.5 Å². The number of hydroxylamine groups is 2. The third-order valence-corrected chi connectivity index (χ3v) is 6.66. The zero-order valence-electron chi connectivity index (χ0n) is 18.3. The molecule has 0 amide bonds. The van der Waals surface area contributed by atoms with E-state index in [1.807, 2.05) is 30.4 Å². The van der Waals surface area contributed by atoms with Crippen molar-refractivity contribution in [2.24, 2.45) is 11.8 Å². The minimum atomic E-state index is -0.540. The summed E-state index contributed by atoms with van der Waals surface area (Å²) < 4.78 is 17.1. The summed E-state index contributed by atoms with van der Waals surface area (Å²) in [5, 5.41) is 12.6. The van der Waals surface area contributed by atoms with Crippen molar-refractivity contribution >= 4 is 0 Å². The van der Waals surface area contributed by atoms with Gasteiger partial charge in [-0.2, -0.15) is 5.06 Å². The predicted octanol–water partition coefficient (Wildman–Crippen LogP) is 2.32. The van der Waals surface area contributed by atoms with Crippen LogP contribution in [0.25, 0.3) is 0 Å². The zero-order chi connectivity index (χ0) is 20.9. The van der Waals surface area contributed by atoms with Gasteiger partial charge in [0.2, 0.25) is 0 Å². The second-order valence-corrected chi connectivity index (χ2v) is 8.87. The molecule has 0 aromatic heterocycles. The van der Waals surface area contributed by atoms with Gasteiger partial charge in [-0.25, -0.2) is 0 Å². The van der Waals surface area contributed by atoms with Gasteiger partial charge < -0.3 is 19.3 Å². The van der Waals surface area contributed by atoms with Gasteiger partial charge in [-0.1, -0.05) is 6.07 Å². The van der Waals surface area contributed by atoms with Crippen molar-refractivity contribution < 1.29 is 24.2 Å². The Hall–Kier alpha value is -1.38. The fraction of sp³-hybridized carbons (Fsp3) is 0.739. The van der Waals surface area contributed by atoms with Gasteiger partial charge in [0, 0.05) is 39.8 Å². The molecule has 1 aliphatic carbocycles. The normalized spacial score (nSPS) is 28.4. The van der Waals surface area contributed by atoms with Crippen molar-refractivity contribution in [1.29, 1.82) is 0 Å². The standard InChI is InChI=1S/C23H36N2O5/c1-27-21-8-5-17(12-25-9-3-4-10-30-25)11-22(21)29-16-20(26)15-24-13-18-6-7-19(14-24)23(18)28-2/h5,8,11,18-20,23,26H,3-4,6-7,9-10,12-16H2,1-2H3/t18-,19+,20?,23?. The van der Waals surface area contributed by atoms with Crippen molar-refractivity contribution in [3.05, 3.63) is 23.8 Å². The lowest BCUT2D eigenvalue weighted by atomic mass is 9.94.